The van der Waals surface area contributed by atoms with E-state index in [-0.39, 0.29) is 18.0 Å². The highest BCUT2D eigenvalue weighted by Crippen LogP contribution is 2.43. The monoisotopic (exact) mass is 366 g/mol. The predicted octanol–water partition coefficient (Wildman–Crippen LogP) is 5.67. The fraction of sp³-hybridized carbons (Fsp3) is 0.571. The zero-order chi connectivity index (χ0) is 18.7. The standard InChI is InChI=1S/C21H25F3O2/c1-2-20(25)26-17-9-7-14(8-10-17)13-3-5-15(6-4-13)16-11-18(22)21(24)19(23)12-16/h2,11-15,17H,1,3-10H2/t13-,14?,15-,17?. The topological polar surface area (TPSA) is 26.3 Å². The highest BCUT2D eigenvalue weighted by atomic mass is 19.2. The molecule has 2 aliphatic carbocycles. The van der Waals surface area contributed by atoms with Crippen molar-refractivity contribution >= 4 is 5.97 Å². The molecule has 5 heteroatoms. The number of rotatable bonds is 4. The van der Waals surface area contributed by atoms with E-state index in [9.17, 15) is 18.0 Å². The first-order chi connectivity index (χ1) is 12.5. The number of hydrogen-bond donors (Lipinski definition) is 0. The van der Waals surface area contributed by atoms with Gasteiger partial charge in [-0.2, -0.15) is 0 Å². The Morgan fingerprint density at radius 1 is 0.923 bits per heavy atom. The first-order valence-electron chi connectivity index (χ1n) is 9.45. The van der Waals surface area contributed by atoms with Crippen molar-refractivity contribution in [3.05, 3.63) is 47.8 Å². The first kappa shape index (κ1) is 19.0. The SMILES string of the molecule is C=CC(=O)OC1CCC([C@H]2CC[C@H](c3cc(F)c(F)c(F)c3)CC2)CC1. The van der Waals surface area contributed by atoms with Crippen LogP contribution in [0.4, 0.5) is 13.2 Å². The minimum absolute atomic E-state index is 0.00162. The zero-order valence-electron chi connectivity index (χ0n) is 14.9. The van der Waals surface area contributed by atoms with Crippen LogP contribution < -0.4 is 0 Å². The summed E-state index contributed by atoms with van der Waals surface area (Å²) < 4.78 is 45.4. The largest absolute Gasteiger partial charge is 0.459 e. The van der Waals surface area contributed by atoms with Crippen LogP contribution in [0.2, 0.25) is 0 Å². The molecule has 0 heterocycles. The predicted molar refractivity (Wildman–Crippen MR) is 93.1 cm³/mol. The normalized spacial score (nSPS) is 29.2. The summed E-state index contributed by atoms with van der Waals surface area (Å²) in [7, 11) is 0. The minimum Gasteiger partial charge on any atom is -0.459 e. The third-order valence-corrected chi connectivity index (χ3v) is 6.08. The van der Waals surface area contributed by atoms with Gasteiger partial charge in [0.05, 0.1) is 0 Å². The molecule has 0 unspecified atom stereocenters. The lowest BCUT2D eigenvalue weighted by Gasteiger charge is -2.37. The lowest BCUT2D eigenvalue weighted by atomic mass is 9.69. The number of carbonyl (C=O) groups excluding carboxylic acids is 1. The van der Waals surface area contributed by atoms with Gasteiger partial charge in [-0.1, -0.05) is 6.58 Å². The van der Waals surface area contributed by atoms with E-state index in [1.807, 2.05) is 0 Å². The number of hydrogen-bond acceptors (Lipinski definition) is 2. The van der Waals surface area contributed by atoms with Gasteiger partial charge in [0, 0.05) is 6.08 Å². The van der Waals surface area contributed by atoms with Gasteiger partial charge in [-0.15, -0.1) is 0 Å². The van der Waals surface area contributed by atoms with Crippen LogP contribution in [0.25, 0.3) is 0 Å². The quantitative estimate of drug-likeness (QED) is 0.390. The molecule has 2 fully saturated rings. The molecule has 2 saturated carbocycles. The second-order valence-corrected chi connectivity index (χ2v) is 7.59. The molecule has 0 aromatic heterocycles. The highest BCUT2D eigenvalue weighted by molar-refractivity contribution is 5.81. The van der Waals surface area contributed by atoms with Crippen molar-refractivity contribution in [1.82, 2.24) is 0 Å². The Kier molecular flexibility index (Phi) is 6.05. The molecule has 1 aromatic carbocycles. The second-order valence-electron chi connectivity index (χ2n) is 7.59. The molecule has 142 valence electrons. The molecule has 0 spiro atoms. The van der Waals surface area contributed by atoms with Gasteiger partial charge >= 0.3 is 5.97 Å². The van der Waals surface area contributed by atoms with Gasteiger partial charge in [0.15, 0.2) is 17.5 Å². The maximum absolute atomic E-state index is 13.5. The minimum atomic E-state index is -1.39. The molecule has 1 aromatic rings. The number of halogens is 3. The second kappa shape index (κ2) is 8.28. The number of benzene rings is 1. The Morgan fingerprint density at radius 3 is 1.92 bits per heavy atom. The summed E-state index contributed by atoms with van der Waals surface area (Å²) >= 11 is 0. The van der Waals surface area contributed by atoms with Crippen molar-refractivity contribution < 1.29 is 22.7 Å². The maximum atomic E-state index is 13.5. The Bertz CT molecular complexity index is 634. The Balaban J connectivity index is 1.50. The molecule has 0 radical (unpaired) electrons. The van der Waals surface area contributed by atoms with Crippen LogP contribution in [0.5, 0.6) is 0 Å². The lowest BCUT2D eigenvalue weighted by molar-refractivity contribution is -0.145. The lowest BCUT2D eigenvalue weighted by Crippen LogP contribution is -2.29. The number of carbonyl (C=O) groups is 1. The van der Waals surface area contributed by atoms with Gasteiger partial charge in [-0.25, -0.2) is 18.0 Å². The summed E-state index contributed by atoms with van der Waals surface area (Å²) in [5.74, 6) is -2.62. The Labute approximate surface area is 152 Å². The van der Waals surface area contributed by atoms with Crippen LogP contribution in [0.1, 0.15) is 62.8 Å². The number of esters is 1. The van der Waals surface area contributed by atoms with Crippen molar-refractivity contribution in [1.29, 1.82) is 0 Å². The summed E-state index contributed by atoms with van der Waals surface area (Å²) in [5.41, 5.74) is 0.569. The van der Waals surface area contributed by atoms with E-state index in [0.29, 0.717) is 17.4 Å². The van der Waals surface area contributed by atoms with Crippen LogP contribution in [0, 0.1) is 29.3 Å². The average Bonchev–Trinajstić information content (AvgIpc) is 2.66. The van der Waals surface area contributed by atoms with Gasteiger partial charge in [-0.05, 0) is 86.8 Å². The molecular weight excluding hydrogens is 341 g/mol. The van der Waals surface area contributed by atoms with E-state index in [1.54, 1.807) is 0 Å². The maximum Gasteiger partial charge on any atom is 0.330 e. The van der Waals surface area contributed by atoms with Gasteiger partial charge in [-0.3, -0.25) is 0 Å². The van der Waals surface area contributed by atoms with Gasteiger partial charge < -0.3 is 4.74 Å². The van der Waals surface area contributed by atoms with Gasteiger partial charge in [0.1, 0.15) is 6.10 Å². The summed E-state index contributed by atoms with van der Waals surface area (Å²) in [6, 6.07) is 2.28. The fourth-order valence-electron chi connectivity index (χ4n) is 4.63. The molecule has 0 atom stereocenters. The number of ether oxygens (including phenoxy) is 1. The molecule has 0 N–H and O–H groups in total. The van der Waals surface area contributed by atoms with Crippen molar-refractivity contribution in [2.45, 2.75) is 63.4 Å². The van der Waals surface area contributed by atoms with Crippen LogP contribution in [0.15, 0.2) is 24.8 Å². The van der Waals surface area contributed by atoms with Crippen molar-refractivity contribution in [3.63, 3.8) is 0 Å². The van der Waals surface area contributed by atoms with Gasteiger partial charge in [0.25, 0.3) is 0 Å². The van der Waals surface area contributed by atoms with Gasteiger partial charge in [0.2, 0.25) is 0 Å². The smallest absolute Gasteiger partial charge is 0.330 e. The molecule has 2 nitrogen and oxygen atoms in total. The van der Waals surface area contributed by atoms with E-state index >= 15 is 0 Å². The van der Waals surface area contributed by atoms with Crippen LogP contribution in [-0.2, 0) is 9.53 Å². The van der Waals surface area contributed by atoms with E-state index in [1.165, 1.54) is 6.08 Å². The van der Waals surface area contributed by atoms with E-state index in [0.717, 1.165) is 63.5 Å². The van der Waals surface area contributed by atoms with Crippen molar-refractivity contribution in [3.8, 4) is 0 Å². The molecule has 0 aliphatic heterocycles. The highest BCUT2D eigenvalue weighted by Gasteiger charge is 2.32. The molecule has 3 rings (SSSR count). The summed E-state index contributed by atoms with van der Waals surface area (Å²) in [5, 5.41) is 0. The Hall–Kier alpha value is -1.78. The summed E-state index contributed by atoms with van der Waals surface area (Å²) in [6.45, 7) is 3.42. The van der Waals surface area contributed by atoms with Crippen LogP contribution in [0.3, 0.4) is 0 Å². The summed E-state index contributed by atoms with van der Waals surface area (Å²) in [6.07, 6.45) is 8.86. The molecule has 0 amide bonds. The van der Waals surface area contributed by atoms with E-state index < -0.39 is 17.5 Å². The van der Waals surface area contributed by atoms with Crippen LogP contribution >= 0.6 is 0 Å². The molecule has 26 heavy (non-hydrogen) atoms. The zero-order valence-corrected chi connectivity index (χ0v) is 14.9. The van der Waals surface area contributed by atoms with Crippen molar-refractivity contribution in [2.24, 2.45) is 11.8 Å². The molecule has 0 saturated heterocycles. The third-order valence-electron chi connectivity index (χ3n) is 6.08. The average molecular weight is 366 g/mol. The first-order valence-corrected chi connectivity index (χ1v) is 9.45. The third kappa shape index (κ3) is 4.30. The molecule has 0 bridgehead atoms. The molecular formula is C21H25F3O2. The van der Waals surface area contributed by atoms with Crippen molar-refractivity contribution in [2.75, 3.05) is 0 Å². The van der Waals surface area contributed by atoms with E-state index in [4.69, 9.17) is 4.74 Å². The summed E-state index contributed by atoms with van der Waals surface area (Å²) in [4.78, 5) is 11.3. The van der Waals surface area contributed by atoms with E-state index in [2.05, 4.69) is 6.58 Å². The molecule has 2 aliphatic rings. The fourth-order valence-corrected chi connectivity index (χ4v) is 4.63. The van der Waals surface area contributed by atoms with Crippen LogP contribution in [-0.4, -0.2) is 12.1 Å². The Morgan fingerprint density at radius 2 is 1.42 bits per heavy atom.